The molecule has 28 heavy (non-hydrogen) atoms. The molecule has 2 aliphatic rings. The average molecular weight is 427 g/mol. The number of hydrogen-bond acceptors (Lipinski definition) is 6. The minimum atomic E-state index is -1.69. The molecule has 0 spiro atoms. The molecule has 8 heteroatoms. The molecule has 2 heterocycles. The fourth-order valence-electron chi connectivity index (χ4n) is 3.28. The first-order valence-corrected chi connectivity index (χ1v) is 9.65. The van der Waals surface area contributed by atoms with Crippen LogP contribution in [-0.2, 0) is 29.4 Å². The molecule has 0 radical (unpaired) electrons. The molecule has 2 bridgehead atoms. The van der Waals surface area contributed by atoms with Gasteiger partial charge < -0.3 is 29.2 Å². The highest BCUT2D eigenvalue weighted by molar-refractivity contribution is 6.22. The topological polar surface area (TPSA) is 77.4 Å². The van der Waals surface area contributed by atoms with E-state index in [2.05, 4.69) is 0 Å². The summed E-state index contributed by atoms with van der Waals surface area (Å²) in [5.74, 6) is 0. The minimum Gasteiger partial charge on any atom is -0.388 e. The number of halogens is 2. The highest BCUT2D eigenvalue weighted by Crippen LogP contribution is 2.43. The van der Waals surface area contributed by atoms with E-state index in [1.165, 1.54) is 0 Å². The van der Waals surface area contributed by atoms with Gasteiger partial charge in [-0.25, -0.2) is 0 Å². The second kappa shape index (κ2) is 7.89. The fraction of sp³-hybridized carbons (Fsp3) is 0.400. The summed E-state index contributed by atoms with van der Waals surface area (Å²) in [4.78, 5) is 0. The Kier molecular flexibility index (Phi) is 5.66. The number of alkyl halides is 2. The van der Waals surface area contributed by atoms with Crippen LogP contribution in [0, 0.1) is 0 Å². The summed E-state index contributed by atoms with van der Waals surface area (Å²) in [6, 6.07) is 17.8. The Morgan fingerprint density at radius 1 is 0.750 bits per heavy atom. The van der Waals surface area contributed by atoms with Crippen molar-refractivity contribution in [1.29, 1.82) is 0 Å². The van der Waals surface area contributed by atoms with E-state index >= 15 is 0 Å². The van der Waals surface area contributed by atoms with Crippen LogP contribution in [0.3, 0.4) is 0 Å². The van der Waals surface area contributed by atoms with Crippen LogP contribution in [0.25, 0.3) is 0 Å². The first-order chi connectivity index (χ1) is 13.4. The molecule has 2 fully saturated rings. The Labute approximate surface area is 172 Å². The summed E-state index contributed by atoms with van der Waals surface area (Å²) < 4.78 is 23.1. The van der Waals surface area contributed by atoms with Crippen LogP contribution >= 0.6 is 23.2 Å². The van der Waals surface area contributed by atoms with E-state index in [-0.39, 0.29) is 13.2 Å². The summed E-state index contributed by atoms with van der Waals surface area (Å²) >= 11 is 13.2. The molecular weight excluding hydrogens is 407 g/mol. The van der Waals surface area contributed by atoms with Gasteiger partial charge in [-0.3, -0.25) is 0 Å². The van der Waals surface area contributed by atoms with Gasteiger partial charge in [-0.15, -0.1) is 0 Å². The zero-order valence-corrected chi connectivity index (χ0v) is 16.3. The molecule has 0 amide bonds. The van der Waals surface area contributed by atoms with Gasteiger partial charge in [0, 0.05) is 11.1 Å². The van der Waals surface area contributed by atoms with Gasteiger partial charge in [0.25, 0.3) is 10.5 Å². The standard InChI is InChI=1S/C20H20Cl2O6/c21-19(13-7-3-1-4-8-13)25-11-15(23)18-17(24)16(12-26-19)27-20(22,28-18)14-9-5-2-6-10-14/h1-10,15-18,23-24H,11-12H2/t15-,16+,17-,18-,19?,20?/m1/s1. The third-order valence-corrected chi connectivity index (χ3v) is 5.63. The number of fused-ring (bicyclic) bond motifs is 2. The van der Waals surface area contributed by atoms with Crippen LogP contribution in [0.15, 0.2) is 60.7 Å². The smallest absolute Gasteiger partial charge is 0.277 e. The van der Waals surface area contributed by atoms with Crippen molar-refractivity contribution < 1.29 is 29.2 Å². The lowest BCUT2D eigenvalue weighted by Crippen LogP contribution is -2.58. The zero-order valence-electron chi connectivity index (χ0n) is 14.8. The maximum Gasteiger partial charge on any atom is 0.277 e. The molecule has 2 aromatic rings. The fourth-order valence-corrected chi connectivity index (χ4v) is 3.88. The lowest BCUT2D eigenvalue weighted by molar-refractivity contribution is -0.333. The highest BCUT2D eigenvalue weighted by atomic mass is 35.5. The van der Waals surface area contributed by atoms with E-state index in [1.807, 2.05) is 12.1 Å². The molecule has 2 aliphatic heterocycles. The van der Waals surface area contributed by atoms with Crippen LogP contribution in [-0.4, -0.2) is 47.8 Å². The van der Waals surface area contributed by atoms with Crippen molar-refractivity contribution in [3.63, 3.8) is 0 Å². The average Bonchev–Trinajstić information content (AvgIpc) is 2.75. The van der Waals surface area contributed by atoms with Crippen molar-refractivity contribution in [3.8, 4) is 0 Å². The molecule has 150 valence electrons. The largest absolute Gasteiger partial charge is 0.388 e. The van der Waals surface area contributed by atoms with E-state index in [1.54, 1.807) is 48.5 Å². The van der Waals surface area contributed by atoms with Gasteiger partial charge in [0.05, 0.1) is 13.2 Å². The number of benzene rings is 2. The monoisotopic (exact) mass is 426 g/mol. The van der Waals surface area contributed by atoms with E-state index in [4.69, 9.17) is 42.1 Å². The van der Waals surface area contributed by atoms with E-state index < -0.39 is 34.9 Å². The van der Waals surface area contributed by atoms with Gasteiger partial charge in [0.2, 0.25) is 0 Å². The highest BCUT2D eigenvalue weighted by Gasteiger charge is 2.52. The van der Waals surface area contributed by atoms with Gasteiger partial charge in [-0.1, -0.05) is 83.9 Å². The molecule has 2 saturated heterocycles. The van der Waals surface area contributed by atoms with Crippen molar-refractivity contribution in [3.05, 3.63) is 71.8 Å². The molecule has 0 aromatic heterocycles. The number of aliphatic hydroxyl groups excluding tert-OH is 2. The van der Waals surface area contributed by atoms with Gasteiger partial charge in [0.1, 0.15) is 24.4 Å². The van der Waals surface area contributed by atoms with Crippen molar-refractivity contribution in [2.75, 3.05) is 13.2 Å². The predicted octanol–water partition coefficient (Wildman–Crippen LogP) is 2.64. The van der Waals surface area contributed by atoms with E-state index in [9.17, 15) is 10.2 Å². The van der Waals surface area contributed by atoms with Crippen molar-refractivity contribution in [2.45, 2.75) is 34.9 Å². The predicted molar refractivity (Wildman–Crippen MR) is 102 cm³/mol. The third-order valence-electron chi connectivity index (χ3n) is 4.80. The zero-order chi connectivity index (χ0) is 19.8. The van der Waals surface area contributed by atoms with Crippen molar-refractivity contribution >= 4 is 23.2 Å². The molecule has 6 nitrogen and oxygen atoms in total. The van der Waals surface area contributed by atoms with Crippen LogP contribution in [0.5, 0.6) is 0 Å². The molecule has 2 aromatic carbocycles. The second-order valence-corrected chi connectivity index (χ2v) is 7.72. The first-order valence-electron chi connectivity index (χ1n) is 8.90. The number of ether oxygens (including phenoxy) is 4. The van der Waals surface area contributed by atoms with Gasteiger partial charge in [-0.05, 0) is 0 Å². The van der Waals surface area contributed by atoms with Gasteiger partial charge in [-0.2, -0.15) is 0 Å². The molecule has 2 unspecified atom stereocenters. The molecule has 0 aliphatic carbocycles. The maximum atomic E-state index is 10.7. The minimum absolute atomic E-state index is 0.132. The van der Waals surface area contributed by atoms with Crippen molar-refractivity contribution in [1.82, 2.24) is 0 Å². The molecule has 4 rings (SSSR count). The lowest BCUT2D eigenvalue weighted by Gasteiger charge is -2.44. The first kappa shape index (κ1) is 20.1. The number of aliphatic hydroxyl groups is 2. The third kappa shape index (κ3) is 3.79. The summed E-state index contributed by atoms with van der Waals surface area (Å²) in [5.41, 5.74) is 1.09. The van der Waals surface area contributed by atoms with E-state index in [0.29, 0.717) is 11.1 Å². The van der Waals surface area contributed by atoms with Crippen LogP contribution in [0.4, 0.5) is 0 Å². The Morgan fingerprint density at radius 3 is 1.89 bits per heavy atom. The Hall–Kier alpha value is -1.22. The molecule has 6 atom stereocenters. The lowest BCUT2D eigenvalue weighted by atomic mass is 10.0. The maximum absolute atomic E-state index is 10.7. The second-order valence-electron chi connectivity index (χ2n) is 6.72. The number of rotatable bonds is 2. The molecular formula is C20H20Cl2O6. The molecule has 2 N–H and O–H groups in total. The quantitative estimate of drug-likeness (QED) is 0.718. The van der Waals surface area contributed by atoms with Crippen LogP contribution in [0.2, 0.25) is 0 Å². The summed E-state index contributed by atoms with van der Waals surface area (Å²) in [5, 5.41) is 18.0. The van der Waals surface area contributed by atoms with Gasteiger partial charge >= 0.3 is 0 Å². The summed E-state index contributed by atoms with van der Waals surface area (Å²) in [6.07, 6.45) is -4.37. The van der Waals surface area contributed by atoms with Crippen LogP contribution < -0.4 is 0 Å². The Bertz CT molecular complexity index is 794. The summed E-state index contributed by atoms with van der Waals surface area (Å²) in [6.45, 7) is -0.373. The normalized spacial score (nSPS) is 38.9. The Morgan fingerprint density at radius 2 is 1.29 bits per heavy atom. The van der Waals surface area contributed by atoms with E-state index in [0.717, 1.165) is 0 Å². The number of hydrogen-bond donors (Lipinski definition) is 2. The Balaban J connectivity index is 1.65. The van der Waals surface area contributed by atoms with Gasteiger partial charge in [0.15, 0.2) is 0 Å². The SMILES string of the molecule is O[C@H]1[C@@H]2OC(Cl)(c3ccccc3)O[C@H]1COC(Cl)(c1ccccc1)OC[C@H]2O. The summed E-state index contributed by atoms with van der Waals surface area (Å²) in [7, 11) is 0. The van der Waals surface area contributed by atoms with Crippen molar-refractivity contribution in [2.24, 2.45) is 0 Å². The van der Waals surface area contributed by atoms with Crippen LogP contribution in [0.1, 0.15) is 11.1 Å². The molecule has 0 saturated carbocycles.